The molecule has 5 heteroatoms. The number of thioether (sulfide) groups is 1. The van der Waals surface area contributed by atoms with Crippen LogP contribution in [0.5, 0.6) is 0 Å². The number of hydrogen-bond acceptors (Lipinski definition) is 3. The summed E-state index contributed by atoms with van der Waals surface area (Å²) in [5.74, 6) is 0.822. The summed E-state index contributed by atoms with van der Waals surface area (Å²) in [5.41, 5.74) is 0.998. The zero-order valence-corrected chi connectivity index (χ0v) is 12.1. The highest BCUT2D eigenvalue weighted by molar-refractivity contribution is 7.99. The molecule has 3 rings (SSSR count). The van der Waals surface area contributed by atoms with Crippen LogP contribution in [-0.4, -0.2) is 24.2 Å². The van der Waals surface area contributed by atoms with Crippen LogP contribution in [0.4, 0.5) is 4.39 Å². The van der Waals surface area contributed by atoms with Gasteiger partial charge in [-0.25, -0.2) is 4.39 Å². The van der Waals surface area contributed by atoms with Gasteiger partial charge in [-0.3, -0.25) is 10.1 Å². The van der Waals surface area contributed by atoms with Gasteiger partial charge in [0, 0.05) is 17.5 Å². The van der Waals surface area contributed by atoms with Crippen LogP contribution in [-0.2, 0) is 4.79 Å². The lowest BCUT2D eigenvalue weighted by Crippen LogP contribution is -2.44. The average molecular weight is 294 g/mol. The third-order valence-electron chi connectivity index (χ3n) is 3.96. The van der Waals surface area contributed by atoms with Crippen molar-refractivity contribution in [2.45, 2.75) is 42.7 Å². The van der Waals surface area contributed by atoms with Crippen molar-refractivity contribution in [2.24, 2.45) is 0 Å². The highest BCUT2D eigenvalue weighted by Crippen LogP contribution is 2.38. The molecule has 2 aliphatic heterocycles. The molecule has 0 spiro atoms. The van der Waals surface area contributed by atoms with Crippen molar-refractivity contribution in [3.63, 3.8) is 0 Å². The van der Waals surface area contributed by atoms with Crippen molar-refractivity contribution in [1.82, 2.24) is 10.6 Å². The predicted octanol–water partition coefficient (Wildman–Crippen LogP) is 2.62. The van der Waals surface area contributed by atoms with E-state index in [1.54, 1.807) is 17.8 Å². The second kappa shape index (κ2) is 6.14. The Bertz CT molecular complexity index is 509. The lowest BCUT2D eigenvalue weighted by molar-refractivity contribution is -0.123. The first kappa shape index (κ1) is 13.9. The van der Waals surface area contributed by atoms with Crippen LogP contribution in [0.25, 0.3) is 0 Å². The lowest BCUT2D eigenvalue weighted by Gasteiger charge is -2.29. The SMILES string of the molecule is O=C1NCCCCC1NC1CCSc2c(F)cccc21. The van der Waals surface area contributed by atoms with Crippen LogP contribution >= 0.6 is 11.8 Å². The monoisotopic (exact) mass is 294 g/mol. The number of nitrogens with one attached hydrogen (secondary N) is 2. The molecular weight excluding hydrogens is 275 g/mol. The summed E-state index contributed by atoms with van der Waals surface area (Å²) in [5, 5.41) is 6.38. The van der Waals surface area contributed by atoms with Crippen LogP contribution in [0, 0.1) is 5.82 Å². The van der Waals surface area contributed by atoms with Gasteiger partial charge in [-0.05, 0) is 43.1 Å². The Labute approximate surface area is 122 Å². The first-order chi connectivity index (χ1) is 9.75. The van der Waals surface area contributed by atoms with Crippen molar-refractivity contribution in [3.8, 4) is 0 Å². The fraction of sp³-hybridized carbons (Fsp3) is 0.533. The molecule has 2 unspecified atom stereocenters. The number of rotatable bonds is 2. The number of carbonyl (C=O) groups excluding carboxylic acids is 1. The minimum absolute atomic E-state index is 0.0794. The molecule has 1 aromatic rings. The first-order valence-corrected chi connectivity index (χ1v) is 8.19. The molecule has 1 aromatic carbocycles. The summed E-state index contributed by atoms with van der Waals surface area (Å²) in [4.78, 5) is 12.8. The number of halogens is 1. The molecule has 1 fully saturated rings. The Hall–Kier alpha value is -1.07. The first-order valence-electron chi connectivity index (χ1n) is 7.20. The van der Waals surface area contributed by atoms with Gasteiger partial charge in [0.15, 0.2) is 0 Å². The van der Waals surface area contributed by atoms with E-state index < -0.39 is 0 Å². The van der Waals surface area contributed by atoms with Gasteiger partial charge in [-0.1, -0.05) is 12.1 Å². The number of amides is 1. The maximum Gasteiger partial charge on any atom is 0.237 e. The summed E-state index contributed by atoms with van der Waals surface area (Å²) < 4.78 is 13.8. The maximum absolute atomic E-state index is 13.8. The topological polar surface area (TPSA) is 41.1 Å². The quantitative estimate of drug-likeness (QED) is 0.881. The molecule has 2 atom stereocenters. The Balaban J connectivity index is 1.79. The van der Waals surface area contributed by atoms with E-state index in [1.807, 2.05) is 6.07 Å². The van der Waals surface area contributed by atoms with E-state index in [9.17, 15) is 9.18 Å². The fourth-order valence-corrected chi connectivity index (χ4v) is 4.04. The Morgan fingerprint density at radius 2 is 2.15 bits per heavy atom. The van der Waals surface area contributed by atoms with E-state index >= 15 is 0 Å². The van der Waals surface area contributed by atoms with E-state index in [4.69, 9.17) is 0 Å². The van der Waals surface area contributed by atoms with Gasteiger partial charge in [-0.15, -0.1) is 11.8 Å². The second-order valence-corrected chi connectivity index (χ2v) is 6.46. The van der Waals surface area contributed by atoms with Gasteiger partial charge in [-0.2, -0.15) is 0 Å². The summed E-state index contributed by atoms with van der Waals surface area (Å²) in [7, 11) is 0. The second-order valence-electron chi connectivity index (χ2n) is 5.35. The molecule has 2 N–H and O–H groups in total. The van der Waals surface area contributed by atoms with Crippen LogP contribution in [0.15, 0.2) is 23.1 Å². The highest BCUT2D eigenvalue weighted by atomic mass is 32.2. The smallest absolute Gasteiger partial charge is 0.237 e. The van der Waals surface area contributed by atoms with Gasteiger partial charge < -0.3 is 5.32 Å². The Kier molecular flexibility index (Phi) is 4.27. The summed E-state index contributed by atoms with van der Waals surface area (Å²) in [6.07, 6.45) is 3.88. The van der Waals surface area contributed by atoms with Crippen molar-refractivity contribution >= 4 is 17.7 Å². The molecule has 0 radical (unpaired) electrons. The third kappa shape index (κ3) is 2.83. The zero-order chi connectivity index (χ0) is 13.9. The normalized spacial score (nSPS) is 26.6. The number of fused-ring (bicyclic) bond motifs is 1. The molecule has 0 aromatic heterocycles. The van der Waals surface area contributed by atoms with E-state index in [-0.39, 0.29) is 23.8 Å². The summed E-state index contributed by atoms with van der Waals surface area (Å²) in [6, 6.07) is 5.16. The minimum atomic E-state index is -0.151. The minimum Gasteiger partial charge on any atom is -0.355 e. The van der Waals surface area contributed by atoms with Crippen LogP contribution in [0.2, 0.25) is 0 Å². The van der Waals surface area contributed by atoms with Gasteiger partial charge in [0.05, 0.1) is 6.04 Å². The van der Waals surface area contributed by atoms with Crippen molar-refractivity contribution in [1.29, 1.82) is 0 Å². The van der Waals surface area contributed by atoms with E-state index in [2.05, 4.69) is 10.6 Å². The third-order valence-corrected chi connectivity index (χ3v) is 5.12. The van der Waals surface area contributed by atoms with Crippen molar-refractivity contribution in [3.05, 3.63) is 29.6 Å². The fourth-order valence-electron chi connectivity index (χ4n) is 2.90. The van der Waals surface area contributed by atoms with E-state index in [0.717, 1.165) is 48.4 Å². The summed E-state index contributed by atoms with van der Waals surface area (Å²) in [6.45, 7) is 0.767. The number of benzene rings is 1. The van der Waals surface area contributed by atoms with Crippen LogP contribution in [0.3, 0.4) is 0 Å². The summed E-state index contributed by atoms with van der Waals surface area (Å²) >= 11 is 1.57. The van der Waals surface area contributed by atoms with Crippen LogP contribution in [0.1, 0.15) is 37.3 Å². The Morgan fingerprint density at radius 1 is 1.25 bits per heavy atom. The molecule has 2 aliphatic rings. The molecule has 0 bridgehead atoms. The highest BCUT2D eigenvalue weighted by Gasteiger charge is 2.28. The average Bonchev–Trinajstić information content (AvgIpc) is 2.65. The standard InChI is InChI=1S/C15H19FN2OS/c16-11-5-3-4-10-12(7-9-20-14(10)11)18-13-6-1-2-8-17-15(13)19/h3-5,12-13,18H,1-2,6-9H2,(H,17,19). The largest absolute Gasteiger partial charge is 0.355 e. The molecule has 108 valence electrons. The molecule has 1 saturated heterocycles. The lowest BCUT2D eigenvalue weighted by atomic mass is 10.0. The van der Waals surface area contributed by atoms with Gasteiger partial charge in [0.25, 0.3) is 0 Å². The Morgan fingerprint density at radius 3 is 3.05 bits per heavy atom. The number of carbonyl (C=O) groups is 1. The molecular formula is C15H19FN2OS. The van der Waals surface area contributed by atoms with Crippen LogP contribution < -0.4 is 10.6 Å². The van der Waals surface area contributed by atoms with E-state index in [1.165, 1.54) is 6.07 Å². The zero-order valence-electron chi connectivity index (χ0n) is 11.3. The molecule has 3 nitrogen and oxygen atoms in total. The van der Waals surface area contributed by atoms with Gasteiger partial charge >= 0.3 is 0 Å². The van der Waals surface area contributed by atoms with Crippen molar-refractivity contribution < 1.29 is 9.18 Å². The molecule has 1 amide bonds. The van der Waals surface area contributed by atoms with Gasteiger partial charge in [0.1, 0.15) is 5.82 Å². The molecule has 2 heterocycles. The van der Waals surface area contributed by atoms with Gasteiger partial charge in [0.2, 0.25) is 5.91 Å². The number of hydrogen-bond donors (Lipinski definition) is 2. The molecule has 0 aliphatic carbocycles. The predicted molar refractivity (Wildman–Crippen MR) is 78.3 cm³/mol. The molecule has 20 heavy (non-hydrogen) atoms. The van der Waals surface area contributed by atoms with E-state index in [0.29, 0.717) is 0 Å². The maximum atomic E-state index is 13.8. The molecule has 0 saturated carbocycles. The van der Waals surface area contributed by atoms with Crippen molar-refractivity contribution in [2.75, 3.05) is 12.3 Å².